The molecule has 1 aromatic carbocycles. The fourth-order valence-corrected chi connectivity index (χ4v) is 3.93. The maximum Gasteiger partial charge on any atom is 0.223 e. The van der Waals surface area contributed by atoms with Crippen molar-refractivity contribution in [1.82, 2.24) is 19.9 Å². The normalized spacial score (nSPS) is 16.8. The maximum absolute atomic E-state index is 12.5. The van der Waals surface area contributed by atoms with Gasteiger partial charge < -0.3 is 14.9 Å². The average molecular weight is 336 g/mol. The van der Waals surface area contributed by atoms with Crippen LogP contribution in [0.3, 0.4) is 0 Å². The molecule has 0 bridgehead atoms. The Labute approximate surface area is 147 Å². The molecule has 0 aliphatic heterocycles. The Hall–Kier alpha value is -2.56. The number of nitrogens with zero attached hydrogens (tertiary/aromatic N) is 2. The molecule has 0 saturated carbocycles. The largest absolute Gasteiger partial charge is 0.354 e. The van der Waals surface area contributed by atoms with Crippen molar-refractivity contribution in [1.29, 1.82) is 0 Å². The van der Waals surface area contributed by atoms with Crippen LogP contribution in [-0.2, 0) is 24.2 Å². The van der Waals surface area contributed by atoms with E-state index in [1.807, 2.05) is 6.92 Å². The Kier molecular flexibility index (Phi) is 4.07. The standard InChI is InChI=1S/C20H24N4O/c1-13-11-15-5-3-4-6-19(15)24(13)10-9-21-20(25)16-7-8-17-18(12-16)23-14(2)22-17/h3-6,11,16H,7-10,12H2,1-2H3,(H,21,25)(H,22,23)/t16-/m0/s1. The third-order valence-corrected chi connectivity index (χ3v) is 5.19. The van der Waals surface area contributed by atoms with E-state index in [0.29, 0.717) is 6.54 Å². The molecule has 2 heterocycles. The van der Waals surface area contributed by atoms with Crippen LogP contribution < -0.4 is 5.32 Å². The van der Waals surface area contributed by atoms with Crippen LogP contribution in [0, 0.1) is 19.8 Å². The summed E-state index contributed by atoms with van der Waals surface area (Å²) >= 11 is 0. The number of fused-ring (bicyclic) bond motifs is 2. The van der Waals surface area contributed by atoms with Crippen molar-refractivity contribution >= 4 is 16.8 Å². The molecule has 5 heteroatoms. The van der Waals surface area contributed by atoms with E-state index in [1.165, 1.54) is 16.6 Å². The van der Waals surface area contributed by atoms with Gasteiger partial charge in [0.1, 0.15) is 5.82 Å². The molecule has 0 saturated heterocycles. The SMILES string of the molecule is Cc1nc2c([nH]1)C[C@@H](C(=O)NCCn1c(C)cc3ccccc31)CC2. The van der Waals surface area contributed by atoms with Crippen molar-refractivity contribution in [2.75, 3.05) is 6.54 Å². The van der Waals surface area contributed by atoms with E-state index in [0.717, 1.165) is 43.0 Å². The summed E-state index contributed by atoms with van der Waals surface area (Å²) in [6.07, 6.45) is 2.54. The summed E-state index contributed by atoms with van der Waals surface area (Å²) in [7, 11) is 0. The highest BCUT2D eigenvalue weighted by Crippen LogP contribution is 2.24. The molecule has 1 amide bonds. The number of carbonyl (C=O) groups excluding carboxylic acids is 1. The Balaban J connectivity index is 1.37. The predicted molar refractivity (Wildman–Crippen MR) is 98.5 cm³/mol. The minimum atomic E-state index is 0.0508. The van der Waals surface area contributed by atoms with Gasteiger partial charge >= 0.3 is 0 Å². The van der Waals surface area contributed by atoms with E-state index in [9.17, 15) is 4.79 Å². The second-order valence-corrected chi connectivity index (χ2v) is 6.97. The fourth-order valence-electron chi connectivity index (χ4n) is 3.93. The summed E-state index contributed by atoms with van der Waals surface area (Å²) in [5.74, 6) is 1.16. The molecule has 25 heavy (non-hydrogen) atoms. The van der Waals surface area contributed by atoms with E-state index in [1.54, 1.807) is 0 Å². The summed E-state index contributed by atoms with van der Waals surface area (Å²) in [5.41, 5.74) is 4.72. The Morgan fingerprint density at radius 3 is 3.08 bits per heavy atom. The van der Waals surface area contributed by atoms with Crippen LogP contribution in [0.4, 0.5) is 0 Å². The lowest BCUT2D eigenvalue weighted by atomic mass is 9.89. The fraction of sp³-hybridized carbons (Fsp3) is 0.400. The second-order valence-electron chi connectivity index (χ2n) is 6.97. The summed E-state index contributed by atoms with van der Waals surface area (Å²) in [6, 6.07) is 10.6. The zero-order valence-corrected chi connectivity index (χ0v) is 14.8. The van der Waals surface area contributed by atoms with Gasteiger partial charge in [0, 0.05) is 42.3 Å². The number of amides is 1. The Morgan fingerprint density at radius 2 is 2.20 bits per heavy atom. The lowest BCUT2D eigenvalue weighted by Crippen LogP contribution is -2.36. The third-order valence-electron chi connectivity index (χ3n) is 5.19. The minimum Gasteiger partial charge on any atom is -0.354 e. The van der Waals surface area contributed by atoms with Gasteiger partial charge in [0.15, 0.2) is 0 Å². The molecule has 2 N–H and O–H groups in total. The van der Waals surface area contributed by atoms with Crippen LogP contribution in [0.5, 0.6) is 0 Å². The van der Waals surface area contributed by atoms with Gasteiger partial charge in [-0.05, 0) is 44.2 Å². The molecular formula is C20H24N4O. The van der Waals surface area contributed by atoms with Gasteiger partial charge in [-0.3, -0.25) is 4.79 Å². The van der Waals surface area contributed by atoms with Crippen LogP contribution in [0.1, 0.15) is 29.3 Å². The zero-order valence-electron chi connectivity index (χ0n) is 14.8. The van der Waals surface area contributed by atoms with Gasteiger partial charge in [0.25, 0.3) is 0 Å². The lowest BCUT2D eigenvalue weighted by Gasteiger charge is -2.21. The Bertz CT molecular complexity index is 921. The monoisotopic (exact) mass is 336 g/mol. The van der Waals surface area contributed by atoms with E-state index < -0.39 is 0 Å². The van der Waals surface area contributed by atoms with Crippen LogP contribution in [0.25, 0.3) is 10.9 Å². The number of hydrogen-bond acceptors (Lipinski definition) is 2. The highest BCUT2D eigenvalue weighted by molar-refractivity contribution is 5.81. The first-order valence-electron chi connectivity index (χ1n) is 8.99. The first-order chi connectivity index (χ1) is 12.1. The number of carbonyl (C=O) groups is 1. The minimum absolute atomic E-state index is 0.0508. The van der Waals surface area contributed by atoms with Gasteiger partial charge in [-0.15, -0.1) is 0 Å². The van der Waals surface area contributed by atoms with Gasteiger partial charge in [-0.25, -0.2) is 4.98 Å². The zero-order chi connectivity index (χ0) is 17.4. The number of benzene rings is 1. The molecule has 0 radical (unpaired) electrons. The molecule has 130 valence electrons. The van der Waals surface area contributed by atoms with Gasteiger partial charge in [-0.1, -0.05) is 18.2 Å². The van der Waals surface area contributed by atoms with Crippen molar-refractivity contribution in [2.45, 2.75) is 39.7 Å². The number of H-pyrrole nitrogens is 1. The summed E-state index contributed by atoms with van der Waals surface area (Å²) in [5, 5.41) is 4.38. The molecule has 3 aromatic rings. The Morgan fingerprint density at radius 1 is 1.36 bits per heavy atom. The second kappa shape index (κ2) is 6.39. The quantitative estimate of drug-likeness (QED) is 0.769. The topological polar surface area (TPSA) is 62.7 Å². The van der Waals surface area contributed by atoms with Crippen molar-refractivity contribution in [3.8, 4) is 0 Å². The molecular weight excluding hydrogens is 312 g/mol. The average Bonchev–Trinajstić information content (AvgIpc) is 3.12. The number of aryl methyl sites for hydroxylation is 3. The number of hydrogen-bond donors (Lipinski definition) is 2. The third kappa shape index (κ3) is 3.06. The number of aromatic nitrogens is 3. The maximum atomic E-state index is 12.5. The van der Waals surface area contributed by atoms with Crippen molar-refractivity contribution in [3.63, 3.8) is 0 Å². The van der Waals surface area contributed by atoms with E-state index in [-0.39, 0.29) is 11.8 Å². The summed E-state index contributed by atoms with van der Waals surface area (Å²) in [4.78, 5) is 20.3. The van der Waals surface area contributed by atoms with Crippen molar-refractivity contribution < 1.29 is 4.79 Å². The molecule has 4 rings (SSSR count). The van der Waals surface area contributed by atoms with Crippen molar-refractivity contribution in [3.05, 3.63) is 53.2 Å². The summed E-state index contributed by atoms with van der Waals surface area (Å²) < 4.78 is 2.27. The first-order valence-corrected chi connectivity index (χ1v) is 8.99. The number of nitrogens with one attached hydrogen (secondary N) is 2. The number of imidazole rings is 1. The summed E-state index contributed by atoms with van der Waals surface area (Å²) in [6.45, 7) is 5.54. The molecule has 1 aliphatic carbocycles. The van der Waals surface area contributed by atoms with Crippen LogP contribution in [0.2, 0.25) is 0 Å². The van der Waals surface area contributed by atoms with Crippen LogP contribution in [-0.4, -0.2) is 27.0 Å². The van der Waals surface area contributed by atoms with E-state index in [4.69, 9.17) is 0 Å². The molecule has 0 fully saturated rings. The van der Waals surface area contributed by atoms with Crippen LogP contribution >= 0.6 is 0 Å². The van der Waals surface area contributed by atoms with Crippen molar-refractivity contribution in [2.24, 2.45) is 5.92 Å². The van der Waals surface area contributed by atoms with Gasteiger partial charge in [-0.2, -0.15) is 0 Å². The molecule has 1 aliphatic rings. The number of aromatic amines is 1. The van der Waals surface area contributed by atoms with E-state index >= 15 is 0 Å². The predicted octanol–water partition coefficient (Wildman–Crippen LogP) is 2.90. The van der Waals surface area contributed by atoms with Crippen LogP contribution in [0.15, 0.2) is 30.3 Å². The first kappa shape index (κ1) is 15.9. The molecule has 2 aromatic heterocycles. The highest BCUT2D eigenvalue weighted by Gasteiger charge is 2.26. The number of rotatable bonds is 4. The lowest BCUT2D eigenvalue weighted by molar-refractivity contribution is -0.125. The van der Waals surface area contributed by atoms with E-state index in [2.05, 4.69) is 57.1 Å². The molecule has 1 atom stereocenters. The molecule has 5 nitrogen and oxygen atoms in total. The number of para-hydroxylation sites is 1. The highest BCUT2D eigenvalue weighted by atomic mass is 16.1. The van der Waals surface area contributed by atoms with Gasteiger partial charge in [0.2, 0.25) is 5.91 Å². The smallest absolute Gasteiger partial charge is 0.223 e. The molecule has 0 spiro atoms. The molecule has 0 unspecified atom stereocenters. The van der Waals surface area contributed by atoms with Gasteiger partial charge in [0.05, 0.1) is 5.69 Å².